The summed E-state index contributed by atoms with van der Waals surface area (Å²) in [7, 11) is 1.48. The molecule has 2 aromatic heterocycles. The van der Waals surface area contributed by atoms with E-state index in [9.17, 15) is 9.59 Å². The molecule has 1 aromatic carbocycles. The first-order valence-electron chi connectivity index (χ1n) is 12.9. The van der Waals surface area contributed by atoms with Crippen molar-refractivity contribution in [3.8, 4) is 22.9 Å². The Balaban J connectivity index is 1.46. The fraction of sp³-hybridized carbons (Fsp3) is 0.429. The first kappa shape index (κ1) is 26.8. The molecule has 0 unspecified atom stereocenters. The van der Waals surface area contributed by atoms with Crippen LogP contribution in [0.15, 0.2) is 42.7 Å². The summed E-state index contributed by atoms with van der Waals surface area (Å²) in [5.41, 5.74) is 2.20. The molecule has 2 atom stereocenters. The van der Waals surface area contributed by atoms with Crippen LogP contribution in [0.25, 0.3) is 11.3 Å². The number of cyclic esters (lactones) is 1. The van der Waals surface area contributed by atoms with Crippen molar-refractivity contribution in [1.29, 1.82) is 0 Å². The lowest BCUT2D eigenvalue weighted by atomic mass is 10.0. The number of pyridine rings is 1. The second-order valence-electron chi connectivity index (χ2n) is 10.7. The highest BCUT2D eigenvalue weighted by Gasteiger charge is 2.39. The number of methoxy groups -OCH3 is 1. The number of halogens is 1. The van der Waals surface area contributed by atoms with Crippen LogP contribution >= 0.6 is 11.6 Å². The van der Waals surface area contributed by atoms with Gasteiger partial charge in [-0.2, -0.15) is 5.10 Å². The minimum absolute atomic E-state index is 0.0308. The van der Waals surface area contributed by atoms with Gasteiger partial charge in [0, 0.05) is 48.8 Å². The third-order valence-corrected chi connectivity index (χ3v) is 7.15. The number of carbonyl (C=O) groups is 2. The van der Waals surface area contributed by atoms with E-state index in [0.29, 0.717) is 49.0 Å². The molecule has 3 aromatic rings. The van der Waals surface area contributed by atoms with Crippen molar-refractivity contribution in [3.05, 3.63) is 58.9 Å². The van der Waals surface area contributed by atoms with E-state index in [1.54, 1.807) is 29.3 Å². The maximum absolute atomic E-state index is 13.3. The Labute approximate surface area is 232 Å². The molecule has 39 heavy (non-hydrogen) atoms. The van der Waals surface area contributed by atoms with Crippen LogP contribution in [-0.4, -0.2) is 64.1 Å². The van der Waals surface area contributed by atoms with Gasteiger partial charge in [-0.05, 0) is 38.5 Å². The van der Waals surface area contributed by atoms with Crippen molar-refractivity contribution in [2.45, 2.75) is 57.8 Å². The Kier molecular flexibility index (Phi) is 7.40. The number of nitrogens with one attached hydrogen (secondary N) is 1. The Hall–Kier alpha value is -3.79. The van der Waals surface area contributed by atoms with E-state index in [-0.39, 0.29) is 41.1 Å². The molecular weight excluding hydrogens is 522 g/mol. The Morgan fingerprint density at radius 1 is 1.26 bits per heavy atom. The zero-order chi connectivity index (χ0) is 27.7. The van der Waals surface area contributed by atoms with E-state index in [2.05, 4.69) is 31.2 Å². The van der Waals surface area contributed by atoms with Gasteiger partial charge in [-0.25, -0.2) is 9.78 Å². The highest BCUT2D eigenvalue weighted by molar-refractivity contribution is 6.30. The highest BCUT2D eigenvalue weighted by atomic mass is 35.5. The van der Waals surface area contributed by atoms with Gasteiger partial charge in [0.25, 0.3) is 5.91 Å². The lowest BCUT2D eigenvalue weighted by Gasteiger charge is -2.32. The van der Waals surface area contributed by atoms with Gasteiger partial charge in [-0.1, -0.05) is 23.7 Å². The predicted octanol–water partition coefficient (Wildman–Crippen LogP) is 4.65. The highest BCUT2D eigenvalue weighted by Crippen LogP contribution is 2.36. The Morgan fingerprint density at radius 3 is 2.72 bits per heavy atom. The maximum atomic E-state index is 13.3. The zero-order valence-corrected chi connectivity index (χ0v) is 23.2. The number of aromatic nitrogens is 3. The molecule has 0 aliphatic carbocycles. The zero-order valence-electron chi connectivity index (χ0n) is 22.4. The van der Waals surface area contributed by atoms with Gasteiger partial charge in [0.2, 0.25) is 5.88 Å². The van der Waals surface area contributed by atoms with Gasteiger partial charge in [0.1, 0.15) is 29.7 Å². The van der Waals surface area contributed by atoms with Gasteiger partial charge < -0.3 is 24.4 Å². The van der Waals surface area contributed by atoms with E-state index in [1.807, 2.05) is 23.0 Å². The number of hydrogen-bond acceptors (Lipinski definition) is 7. The van der Waals surface area contributed by atoms with Crippen molar-refractivity contribution < 1.29 is 23.8 Å². The van der Waals surface area contributed by atoms with Gasteiger partial charge >= 0.3 is 6.09 Å². The van der Waals surface area contributed by atoms with Crippen LogP contribution in [0, 0.1) is 0 Å². The molecule has 4 heterocycles. The van der Waals surface area contributed by atoms with E-state index >= 15 is 0 Å². The van der Waals surface area contributed by atoms with Crippen LogP contribution in [0.5, 0.6) is 11.6 Å². The molecule has 0 radical (unpaired) electrons. The van der Waals surface area contributed by atoms with Crippen LogP contribution in [0.4, 0.5) is 4.79 Å². The van der Waals surface area contributed by atoms with Gasteiger partial charge in [-0.15, -0.1) is 0 Å². The summed E-state index contributed by atoms with van der Waals surface area (Å²) >= 11 is 5.98. The summed E-state index contributed by atoms with van der Waals surface area (Å²) in [6.07, 6.45) is 4.43. The van der Waals surface area contributed by atoms with E-state index in [0.717, 1.165) is 11.1 Å². The van der Waals surface area contributed by atoms with Crippen molar-refractivity contribution >= 4 is 23.6 Å². The third kappa shape index (κ3) is 5.80. The molecule has 10 nitrogen and oxygen atoms in total. The molecule has 0 spiro atoms. The minimum Gasteiger partial charge on any atom is -0.488 e. The molecule has 1 N–H and O–H groups in total. The van der Waals surface area contributed by atoms with Crippen molar-refractivity contribution in [1.82, 2.24) is 25.0 Å². The molecule has 5 rings (SSSR count). The van der Waals surface area contributed by atoms with Crippen molar-refractivity contribution in [2.75, 3.05) is 20.3 Å². The largest absolute Gasteiger partial charge is 0.488 e. The topological polar surface area (TPSA) is 108 Å². The van der Waals surface area contributed by atoms with E-state index < -0.39 is 0 Å². The molecular formula is C28H32ClN5O5. The molecule has 2 fully saturated rings. The van der Waals surface area contributed by atoms with Crippen molar-refractivity contribution in [3.63, 3.8) is 0 Å². The average Bonchev–Trinajstić information content (AvgIpc) is 3.55. The molecule has 2 saturated heterocycles. The second kappa shape index (κ2) is 10.8. The van der Waals surface area contributed by atoms with Crippen LogP contribution in [-0.2, 0) is 16.8 Å². The summed E-state index contributed by atoms with van der Waals surface area (Å²) < 4.78 is 19.1. The lowest BCUT2D eigenvalue weighted by molar-refractivity contribution is 0.0913. The number of rotatable bonds is 7. The SMILES string of the molecule is COc1nc(-c2cnn(C(C)(C)C)c2)c(O[C@H]2CCN3C(=O)OC[C@@H]3C2)cc1C(=O)NCc1ccc(Cl)cc1. The maximum Gasteiger partial charge on any atom is 0.410 e. The number of amides is 2. The quantitative estimate of drug-likeness (QED) is 0.453. The molecule has 11 heteroatoms. The third-order valence-electron chi connectivity index (χ3n) is 6.90. The van der Waals surface area contributed by atoms with Crippen LogP contribution in [0.2, 0.25) is 5.02 Å². The molecule has 0 bridgehead atoms. The number of piperidine rings is 1. The van der Waals surface area contributed by atoms with Crippen LogP contribution < -0.4 is 14.8 Å². The molecule has 2 amide bonds. The normalized spacial score (nSPS) is 18.9. The number of benzene rings is 1. The number of fused-ring (bicyclic) bond motifs is 1. The first-order valence-corrected chi connectivity index (χ1v) is 13.3. The smallest absolute Gasteiger partial charge is 0.410 e. The second-order valence-corrected chi connectivity index (χ2v) is 11.2. The number of hydrogen-bond donors (Lipinski definition) is 1. The van der Waals surface area contributed by atoms with E-state index in [4.69, 9.17) is 30.8 Å². The standard InChI is InChI=1S/C28H32ClN5O5/c1-28(2,3)34-15-18(14-31-34)24-23(39-21-9-10-33-20(11-21)16-38-27(33)36)12-22(26(32-24)37-4)25(35)30-13-17-5-7-19(29)8-6-17/h5-8,12,14-15,20-21H,9-11,13,16H2,1-4H3,(H,30,35)/t20-,21-/m0/s1. The molecule has 2 aliphatic rings. The van der Waals surface area contributed by atoms with E-state index in [1.165, 1.54) is 7.11 Å². The average molecular weight is 554 g/mol. The summed E-state index contributed by atoms with van der Waals surface area (Å²) in [5, 5.41) is 8.07. The van der Waals surface area contributed by atoms with Gasteiger partial charge in [-0.3, -0.25) is 9.48 Å². The van der Waals surface area contributed by atoms with Gasteiger partial charge in [0.15, 0.2) is 0 Å². The summed E-state index contributed by atoms with van der Waals surface area (Å²) in [4.78, 5) is 31.7. The summed E-state index contributed by atoms with van der Waals surface area (Å²) in [6.45, 7) is 7.38. The number of ether oxygens (including phenoxy) is 3. The molecule has 2 aliphatic heterocycles. The Morgan fingerprint density at radius 2 is 2.03 bits per heavy atom. The number of carbonyl (C=O) groups excluding carboxylic acids is 2. The summed E-state index contributed by atoms with van der Waals surface area (Å²) in [5.74, 6) is 0.282. The van der Waals surface area contributed by atoms with Crippen LogP contribution in [0.3, 0.4) is 0 Å². The lowest BCUT2D eigenvalue weighted by Crippen LogP contribution is -2.44. The molecule has 0 saturated carbocycles. The Bertz CT molecular complexity index is 1370. The van der Waals surface area contributed by atoms with Crippen LogP contribution in [0.1, 0.15) is 49.5 Å². The van der Waals surface area contributed by atoms with Crippen molar-refractivity contribution in [2.24, 2.45) is 0 Å². The fourth-order valence-corrected chi connectivity index (χ4v) is 4.86. The predicted molar refractivity (Wildman–Crippen MR) is 145 cm³/mol. The number of nitrogens with zero attached hydrogens (tertiary/aromatic N) is 4. The monoisotopic (exact) mass is 553 g/mol. The molecule has 206 valence electrons. The van der Waals surface area contributed by atoms with Gasteiger partial charge in [0.05, 0.1) is 24.9 Å². The minimum atomic E-state index is -0.347. The summed E-state index contributed by atoms with van der Waals surface area (Å²) in [6, 6.07) is 8.90. The first-order chi connectivity index (χ1) is 18.6. The fourth-order valence-electron chi connectivity index (χ4n) is 4.73.